The summed E-state index contributed by atoms with van der Waals surface area (Å²) in [4.78, 5) is 11.9. The highest BCUT2D eigenvalue weighted by molar-refractivity contribution is 6.48. The number of aromatic nitrogens is 2. The number of hydrogen-bond donors (Lipinski definition) is 1. The van der Waals surface area contributed by atoms with E-state index in [1.54, 1.807) is 6.07 Å². The van der Waals surface area contributed by atoms with Crippen LogP contribution in [0.3, 0.4) is 0 Å². The van der Waals surface area contributed by atoms with Gasteiger partial charge in [0.05, 0.1) is 33.6 Å². The molecule has 0 saturated carbocycles. The molecule has 25 heavy (non-hydrogen) atoms. The highest BCUT2D eigenvalue weighted by Gasteiger charge is 2.19. The molecule has 10 heteroatoms. The second kappa shape index (κ2) is 8.92. The number of nitriles is 1. The molecule has 0 atom stereocenters. The normalized spacial score (nSPS) is 10.4. The third-order valence-electron chi connectivity index (χ3n) is 3.02. The third kappa shape index (κ3) is 4.55. The van der Waals surface area contributed by atoms with Crippen LogP contribution in [0.5, 0.6) is 0 Å². The van der Waals surface area contributed by atoms with Gasteiger partial charge in [0.2, 0.25) is 0 Å². The van der Waals surface area contributed by atoms with E-state index in [1.807, 2.05) is 13.0 Å². The monoisotopic (exact) mass is 402 g/mol. The van der Waals surface area contributed by atoms with E-state index in [0.29, 0.717) is 12.3 Å². The van der Waals surface area contributed by atoms with E-state index in [0.717, 1.165) is 0 Å². The van der Waals surface area contributed by atoms with E-state index in [1.165, 1.54) is 16.9 Å². The number of amides is 1. The van der Waals surface area contributed by atoms with E-state index in [9.17, 15) is 10.1 Å². The zero-order chi connectivity index (χ0) is 18.4. The molecule has 1 amide bonds. The maximum absolute atomic E-state index is 11.9. The fourth-order valence-electron chi connectivity index (χ4n) is 1.88. The Bertz CT molecular complexity index is 817. The van der Waals surface area contributed by atoms with E-state index >= 15 is 0 Å². The van der Waals surface area contributed by atoms with Crippen molar-refractivity contribution in [2.24, 2.45) is 0 Å². The Morgan fingerprint density at radius 2 is 2.08 bits per heavy atom. The number of hydrogen-bond acceptors (Lipinski definition) is 5. The summed E-state index contributed by atoms with van der Waals surface area (Å²) in [6.45, 7) is 2.70. The molecule has 7 nitrogen and oxygen atoms in total. The van der Waals surface area contributed by atoms with Crippen LogP contribution in [0.4, 0.5) is 10.6 Å². The standard InChI is InChI=1S/C15H13Cl3N4O3/c1-2-24-5-6-25-15(23)21-14-9(7-19)8-20-22(14)11-4-3-10(16)12(17)13(11)18/h3-4,8H,2,5-6H2,1H3,(H,21,23). The molecule has 0 bridgehead atoms. The van der Waals surface area contributed by atoms with Crippen molar-refractivity contribution >= 4 is 46.7 Å². The number of nitrogens with zero attached hydrogens (tertiary/aromatic N) is 3. The van der Waals surface area contributed by atoms with Gasteiger partial charge >= 0.3 is 6.09 Å². The lowest BCUT2D eigenvalue weighted by atomic mass is 10.3. The summed E-state index contributed by atoms with van der Waals surface area (Å²) in [7, 11) is 0. The molecule has 0 aliphatic rings. The summed E-state index contributed by atoms with van der Waals surface area (Å²) in [5.74, 6) is 0.101. The number of halogens is 3. The van der Waals surface area contributed by atoms with Crippen LogP contribution < -0.4 is 5.32 Å². The van der Waals surface area contributed by atoms with Gasteiger partial charge in [0.15, 0.2) is 5.82 Å². The minimum Gasteiger partial charge on any atom is -0.447 e. The quantitative estimate of drug-likeness (QED) is 0.574. The first-order valence-corrected chi connectivity index (χ1v) is 8.26. The Balaban J connectivity index is 2.28. The van der Waals surface area contributed by atoms with Crippen molar-refractivity contribution in [3.05, 3.63) is 39.0 Å². The Labute approximate surface area is 159 Å². The van der Waals surface area contributed by atoms with E-state index in [-0.39, 0.29) is 39.7 Å². The predicted octanol–water partition coefficient (Wildman–Crippen LogP) is 4.29. The van der Waals surface area contributed by atoms with Crippen LogP contribution in [0.15, 0.2) is 18.3 Å². The number of rotatable bonds is 6. The molecule has 2 aromatic rings. The third-order valence-corrected chi connectivity index (χ3v) is 4.30. The largest absolute Gasteiger partial charge is 0.447 e. The maximum Gasteiger partial charge on any atom is 0.412 e. The Kier molecular flexibility index (Phi) is 6.91. The first kappa shape index (κ1) is 19.3. The summed E-state index contributed by atoms with van der Waals surface area (Å²) >= 11 is 18.1. The Hall–Kier alpha value is -1.98. The summed E-state index contributed by atoms with van der Waals surface area (Å²) in [6.07, 6.45) is 0.531. The number of benzene rings is 1. The second-order valence-corrected chi connectivity index (χ2v) is 5.75. The smallest absolute Gasteiger partial charge is 0.412 e. The lowest BCUT2D eigenvalue weighted by Gasteiger charge is -2.12. The first-order valence-electron chi connectivity index (χ1n) is 7.13. The van der Waals surface area contributed by atoms with Crippen LogP contribution in [-0.4, -0.2) is 35.7 Å². The highest BCUT2D eigenvalue weighted by atomic mass is 35.5. The minimum absolute atomic E-state index is 0.0726. The van der Waals surface area contributed by atoms with Gasteiger partial charge in [-0.2, -0.15) is 10.4 Å². The van der Waals surface area contributed by atoms with E-state index in [2.05, 4.69) is 10.4 Å². The van der Waals surface area contributed by atoms with Crippen LogP contribution in [0.1, 0.15) is 12.5 Å². The van der Waals surface area contributed by atoms with Crippen LogP contribution in [0.2, 0.25) is 15.1 Å². The molecule has 0 fully saturated rings. The number of carbonyl (C=O) groups is 1. The molecular weight excluding hydrogens is 391 g/mol. The maximum atomic E-state index is 11.9. The van der Waals surface area contributed by atoms with Gasteiger partial charge in [-0.25, -0.2) is 9.48 Å². The summed E-state index contributed by atoms with van der Waals surface area (Å²) in [6, 6.07) is 5.03. The zero-order valence-electron chi connectivity index (χ0n) is 13.1. The molecule has 0 unspecified atom stereocenters. The lowest BCUT2D eigenvalue weighted by molar-refractivity contribution is 0.0849. The molecule has 1 aromatic heterocycles. The van der Waals surface area contributed by atoms with E-state index < -0.39 is 6.09 Å². The van der Waals surface area contributed by atoms with Crippen molar-refractivity contribution in [3.63, 3.8) is 0 Å². The van der Waals surface area contributed by atoms with Gasteiger partial charge in [0, 0.05) is 6.61 Å². The summed E-state index contributed by atoms with van der Waals surface area (Å²) in [5.41, 5.74) is 0.478. The lowest BCUT2D eigenvalue weighted by Crippen LogP contribution is -2.19. The summed E-state index contributed by atoms with van der Waals surface area (Å²) in [5, 5.41) is 16.3. The van der Waals surface area contributed by atoms with Gasteiger partial charge in [-0.3, -0.25) is 5.32 Å². The zero-order valence-corrected chi connectivity index (χ0v) is 15.3. The molecule has 2 rings (SSSR count). The van der Waals surface area contributed by atoms with E-state index in [4.69, 9.17) is 44.3 Å². The number of nitrogens with one attached hydrogen (secondary N) is 1. The topological polar surface area (TPSA) is 89.2 Å². The first-order chi connectivity index (χ1) is 12.0. The van der Waals surface area contributed by atoms with Crippen molar-refractivity contribution in [1.29, 1.82) is 5.26 Å². The molecule has 132 valence electrons. The van der Waals surface area contributed by atoms with Gasteiger partial charge in [-0.1, -0.05) is 34.8 Å². The van der Waals surface area contributed by atoms with Gasteiger partial charge < -0.3 is 9.47 Å². The van der Waals surface area contributed by atoms with Crippen molar-refractivity contribution < 1.29 is 14.3 Å². The van der Waals surface area contributed by atoms with Crippen LogP contribution in [0.25, 0.3) is 5.69 Å². The van der Waals surface area contributed by atoms with Gasteiger partial charge in [0.1, 0.15) is 18.2 Å². The molecule has 0 radical (unpaired) electrons. The molecule has 0 spiro atoms. The molecule has 0 saturated heterocycles. The number of anilines is 1. The van der Waals surface area contributed by atoms with Gasteiger partial charge in [0.25, 0.3) is 0 Å². The molecular formula is C15H13Cl3N4O3. The number of carbonyl (C=O) groups excluding carboxylic acids is 1. The van der Waals surface area contributed by atoms with Crippen LogP contribution in [0, 0.1) is 11.3 Å². The molecule has 1 N–H and O–H groups in total. The average molecular weight is 404 g/mol. The van der Waals surface area contributed by atoms with Crippen LogP contribution in [-0.2, 0) is 9.47 Å². The molecule has 1 aromatic carbocycles. The molecule has 0 aliphatic carbocycles. The second-order valence-electron chi connectivity index (χ2n) is 4.58. The minimum atomic E-state index is -0.755. The molecule has 0 aliphatic heterocycles. The van der Waals surface area contributed by atoms with Crippen molar-refractivity contribution in [2.75, 3.05) is 25.1 Å². The van der Waals surface area contributed by atoms with Crippen LogP contribution >= 0.6 is 34.8 Å². The fraction of sp³-hybridized carbons (Fsp3) is 0.267. The van der Waals surface area contributed by atoms with Gasteiger partial charge in [-0.15, -0.1) is 0 Å². The Morgan fingerprint density at radius 1 is 1.32 bits per heavy atom. The summed E-state index contributed by atoms with van der Waals surface area (Å²) < 4.78 is 11.3. The average Bonchev–Trinajstić information content (AvgIpc) is 2.99. The molecule has 1 heterocycles. The van der Waals surface area contributed by atoms with Crippen molar-refractivity contribution in [1.82, 2.24) is 9.78 Å². The SMILES string of the molecule is CCOCCOC(=O)Nc1c(C#N)cnn1-c1ccc(Cl)c(Cl)c1Cl. The highest BCUT2D eigenvalue weighted by Crippen LogP contribution is 2.35. The van der Waals surface area contributed by atoms with Crippen molar-refractivity contribution in [2.45, 2.75) is 6.92 Å². The Morgan fingerprint density at radius 3 is 2.76 bits per heavy atom. The fourth-order valence-corrected chi connectivity index (χ4v) is 2.49. The number of ether oxygens (including phenoxy) is 2. The predicted molar refractivity (Wildman–Crippen MR) is 94.8 cm³/mol. The van der Waals surface area contributed by atoms with Crippen molar-refractivity contribution in [3.8, 4) is 11.8 Å². The van der Waals surface area contributed by atoms with Gasteiger partial charge in [-0.05, 0) is 19.1 Å².